The third kappa shape index (κ3) is 5.08. The minimum absolute atomic E-state index is 0.0746. The van der Waals surface area contributed by atoms with Crippen molar-refractivity contribution in [1.82, 2.24) is 5.32 Å². The maximum Gasteiger partial charge on any atom is 0.190 e. The van der Waals surface area contributed by atoms with Crippen molar-refractivity contribution in [1.29, 1.82) is 5.26 Å². The van der Waals surface area contributed by atoms with Crippen molar-refractivity contribution in [3.05, 3.63) is 23.8 Å². The molecule has 124 valence electrons. The van der Waals surface area contributed by atoms with Crippen molar-refractivity contribution in [3.63, 3.8) is 0 Å². The van der Waals surface area contributed by atoms with Gasteiger partial charge in [-0.25, -0.2) is 13.8 Å². The van der Waals surface area contributed by atoms with E-state index in [1.165, 1.54) is 0 Å². The van der Waals surface area contributed by atoms with Crippen molar-refractivity contribution >= 4 is 22.6 Å². The largest absolute Gasteiger partial charge is 0.487 e. The number of hydrogen-bond acceptors (Lipinski definition) is 5. The second-order valence-corrected chi connectivity index (χ2v) is 5.76. The molecule has 5 nitrogen and oxygen atoms in total. The first-order valence-electron chi connectivity index (χ1n) is 7.11. The van der Waals surface area contributed by atoms with Gasteiger partial charge in [0.2, 0.25) is 0 Å². The quantitative estimate of drug-likeness (QED) is 0.394. The molecule has 8 heteroatoms. The standard InChI is InChI=1S/C15H17F2N3O2S/c1-23-15(19-9-18)20-11-6-12(16)14(13(17)7-11)22-8-10-2-4-21-5-3-10/h6-7,10H,2-5,8H2,1H3,(H,19,20). The second-order valence-electron chi connectivity index (χ2n) is 4.96. The molecule has 1 N–H and O–H groups in total. The Hall–Kier alpha value is -1.85. The Balaban J connectivity index is 2.09. The van der Waals surface area contributed by atoms with E-state index < -0.39 is 17.4 Å². The van der Waals surface area contributed by atoms with E-state index in [2.05, 4.69) is 10.3 Å². The van der Waals surface area contributed by atoms with Crippen LogP contribution in [0.15, 0.2) is 17.1 Å². The van der Waals surface area contributed by atoms with Crippen LogP contribution in [0.25, 0.3) is 0 Å². The third-order valence-electron chi connectivity index (χ3n) is 3.37. The first kappa shape index (κ1) is 17.5. The Morgan fingerprint density at radius 2 is 2.09 bits per heavy atom. The van der Waals surface area contributed by atoms with Gasteiger partial charge in [-0.2, -0.15) is 5.26 Å². The molecule has 0 radical (unpaired) electrons. The molecule has 1 saturated heterocycles. The molecule has 0 unspecified atom stereocenters. The van der Waals surface area contributed by atoms with Gasteiger partial charge < -0.3 is 9.47 Å². The molecule has 1 aliphatic rings. The SMILES string of the molecule is CSC(=Nc1cc(F)c(OCC2CCOCC2)c(F)c1)NC#N. The van der Waals surface area contributed by atoms with Gasteiger partial charge in [-0.1, -0.05) is 11.8 Å². The summed E-state index contributed by atoms with van der Waals surface area (Å²) in [5, 5.41) is 11.1. The Kier molecular flexibility index (Phi) is 6.62. The summed E-state index contributed by atoms with van der Waals surface area (Å²) >= 11 is 1.16. The van der Waals surface area contributed by atoms with Crippen molar-refractivity contribution in [2.75, 3.05) is 26.1 Å². The van der Waals surface area contributed by atoms with Crippen LogP contribution in [0.2, 0.25) is 0 Å². The van der Waals surface area contributed by atoms with Crippen LogP contribution in [0.4, 0.5) is 14.5 Å². The number of halogens is 2. The molecule has 0 spiro atoms. The molecular formula is C15H17F2N3O2S. The van der Waals surface area contributed by atoms with E-state index in [-0.39, 0.29) is 23.4 Å². The van der Waals surface area contributed by atoms with Gasteiger partial charge in [-0.15, -0.1) is 0 Å². The Morgan fingerprint density at radius 1 is 1.43 bits per heavy atom. The summed E-state index contributed by atoms with van der Waals surface area (Å²) < 4.78 is 38.7. The summed E-state index contributed by atoms with van der Waals surface area (Å²) in [5.41, 5.74) is 0.0746. The number of aliphatic imine (C=N–C) groups is 1. The molecule has 1 aliphatic heterocycles. The zero-order chi connectivity index (χ0) is 16.7. The summed E-state index contributed by atoms with van der Waals surface area (Å²) in [6.07, 6.45) is 5.05. The van der Waals surface area contributed by atoms with Gasteiger partial charge in [0, 0.05) is 25.3 Å². The van der Waals surface area contributed by atoms with Crippen LogP contribution in [-0.4, -0.2) is 31.2 Å². The van der Waals surface area contributed by atoms with Gasteiger partial charge in [0.15, 0.2) is 28.7 Å². The maximum atomic E-state index is 14.1. The molecule has 1 aromatic carbocycles. The normalized spacial score (nSPS) is 16.0. The molecule has 23 heavy (non-hydrogen) atoms. The molecule has 2 rings (SSSR count). The molecule has 0 bridgehead atoms. The molecule has 0 saturated carbocycles. The maximum absolute atomic E-state index is 14.1. The fourth-order valence-electron chi connectivity index (χ4n) is 2.15. The molecule has 0 atom stereocenters. The van der Waals surface area contributed by atoms with E-state index >= 15 is 0 Å². The number of hydrogen-bond donors (Lipinski definition) is 1. The highest BCUT2D eigenvalue weighted by atomic mass is 32.2. The van der Waals surface area contributed by atoms with E-state index in [9.17, 15) is 8.78 Å². The van der Waals surface area contributed by atoms with Gasteiger partial charge in [0.1, 0.15) is 0 Å². The van der Waals surface area contributed by atoms with Gasteiger partial charge in [-0.3, -0.25) is 5.32 Å². The van der Waals surface area contributed by atoms with Crippen molar-refractivity contribution in [2.24, 2.45) is 10.9 Å². The lowest BCUT2D eigenvalue weighted by Crippen LogP contribution is -2.22. The predicted molar refractivity (Wildman–Crippen MR) is 84.8 cm³/mol. The average molecular weight is 341 g/mol. The monoisotopic (exact) mass is 341 g/mol. The molecule has 0 aliphatic carbocycles. The van der Waals surface area contributed by atoms with Crippen LogP contribution in [0.3, 0.4) is 0 Å². The molecule has 1 heterocycles. The first-order chi connectivity index (χ1) is 11.1. The highest BCUT2D eigenvalue weighted by Crippen LogP contribution is 2.29. The fourth-order valence-corrected chi connectivity index (χ4v) is 2.50. The first-order valence-corrected chi connectivity index (χ1v) is 8.34. The number of benzene rings is 1. The van der Waals surface area contributed by atoms with Gasteiger partial charge in [0.05, 0.1) is 12.3 Å². The number of nitrogens with zero attached hydrogens (tertiary/aromatic N) is 2. The number of amidine groups is 1. The Bertz CT molecular complexity index is 590. The second kappa shape index (κ2) is 8.70. The van der Waals surface area contributed by atoms with Gasteiger partial charge in [-0.05, 0) is 25.0 Å². The van der Waals surface area contributed by atoms with Gasteiger partial charge in [0.25, 0.3) is 0 Å². The summed E-state index contributed by atoms with van der Waals surface area (Å²) in [6, 6.07) is 2.16. The fraction of sp³-hybridized carbons (Fsp3) is 0.467. The van der Waals surface area contributed by atoms with Crippen molar-refractivity contribution in [3.8, 4) is 11.9 Å². The number of thioether (sulfide) groups is 1. The number of nitriles is 1. The summed E-state index contributed by atoms with van der Waals surface area (Å²) in [5.74, 6) is -1.78. The highest BCUT2D eigenvalue weighted by molar-refractivity contribution is 8.13. The van der Waals surface area contributed by atoms with Crippen LogP contribution in [0.5, 0.6) is 5.75 Å². The number of rotatable bonds is 4. The summed E-state index contributed by atoms with van der Waals surface area (Å²) in [6.45, 7) is 1.55. The van der Waals surface area contributed by atoms with E-state index in [4.69, 9.17) is 14.7 Å². The third-order valence-corrected chi connectivity index (χ3v) is 3.95. The van der Waals surface area contributed by atoms with E-state index in [0.29, 0.717) is 13.2 Å². The zero-order valence-corrected chi connectivity index (χ0v) is 13.5. The van der Waals surface area contributed by atoms with Crippen LogP contribution >= 0.6 is 11.8 Å². The van der Waals surface area contributed by atoms with E-state index in [0.717, 1.165) is 36.7 Å². The van der Waals surface area contributed by atoms with Crippen molar-refractivity contribution < 1.29 is 18.3 Å². The van der Waals surface area contributed by atoms with Crippen molar-refractivity contribution in [2.45, 2.75) is 12.8 Å². The molecule has 1 fully saturated rings. The smallest absolute Gasteiger partial charge is 0.190 e. The average Bonchev–Trinajstić information content (AvgIpc) is 2.54. The Labute approximate surface area is 137 Å². The summed E-state index contributed by atoms with van der Waals surface area (Å²) in [7, 11) is 0. The van der Waals surface area contributed by atoms with Crippen LogP contribution in [0.1, 0.15) is 12.8 Å². The van der Waals surface area contributed by atoms with Crippen LogP contribution in [-0.2, 0) is 4.74 Å². The lowest BCUT2D eigenvalue weighted by atomic mass is 10.0. The highest BCUT2D eigenvalue weighted by Gasteiger charge is 2.18. The molecule has 1 aromatic rings. The topological polar surface area (TPSA) is 66.6 Å². The lowest BCUT2D eigenvalue weighted by molar-refractivity contribution is 0.0485. The Morgan fingerprint density at radius 3 is 2.65 bits per heavy atom. The molecule has 0 amide bonds. The number of ether oxygens (including phenoxy) is 2. The van der Waals surface area contributed by atoms with Crippen LogP contribution < -0.4 is 10.1 Å². The predicted octanol–water partition coefficient (Wildman–Crippen LogP) is 3.19. The van der Waals surface area contributed by atoms with Gasteiger partial charge >= 0.3 is 0 Å². The number of nitrogens with one attached hydrogen (secondary N) is 1. The lowest BCUT2D eigenvalue weighted by Gasteiger charge is -2.22. The minimum atomic E-state index is -0.812. The van der Waals surface area contributed by atoms with E-state index in [1.54, 1.807) is 12.4 Å². The van der Waals surface area contributed by atoms with Crippen LogP contribution in [0, 0.1) is 29.0 Å². The summed E-state index contributed by atoms with van der Waals surface area (Å²) in [4.78, 5) is 3.97. The molecule has 0 aromatic heterocycles. The van der Waals surface area contributed by atoms with E-state index in [1.807, 2.05) is 0 Å². The molecular weight excluding hydrogens is 324 g/mol. The zero-order valence-electron chi connectivity index (χ0n) is 12.6. The minimum Gasteiger partial charge on any atom is -0.487 e.